The summed E-state index contributed by atoms with van der Waals surface area (Å²) in [7, 11) is 1.78. The number of β-amino-alcohol motifs (C(OH)–C–C–N with tert-alkyl or cyclic N) is 1. The number of rotatable bonds is 5. The number of hydrogen-bond acceptors (Lipinski definition) is 3. The first-order valence-electron chi connectivity index (χ1n) is 6.18. The van der Waals surface area contributed by atoms with E-state index in [2.05, 4.69) is 5.32 Å². The molecule has 0 aromatic heterocycles. The predicted molar refractivity (Wildman–Crippen MR) is 73.4 cm³/mol. The maximum atomic E-state index is 13.5. The second-order valence-corrected chi connectivity index (χ2v) is 5.62. The highest BCUT2D eigenvalue weighted by molar-refractivity contribution is 5.46. The normalized spacial score (nSPS) is 13.4. The lowest BCUT2D eigenvalue weighted by molar-refractivity contribution is 0.167. The average Bonchev–Trinajstić information content (AvgIpc) is 2.26. The van der Waals surface area contributed by atoms with Crippen LogP contribution in [0.25, 0.3) is 0 Å². The molecule has 0 saturated heterocycles. The molecule has 1 rings (SSSR count). The number of anilines is 1. The van der Waals surface area contributed by atoms with Crippen LogP contribution < -0.4 is 10.2 Å². The second kappa shape index (κ2) is 6.16. The number of hydrogen-bond donors (Lipinski definition) is 2. The molecule has 0 radical (unpaired) electrons. The van der Waals surface area contributed by atoms with Gasteiger partial charge in [-0.25, -0.2) is 4.39 Å². The monoisotopic (exact) mass is 254 g/mol. The van der Waals surface area contributed by atoms with Crippen molar-refractivity contribution in [3.63, 3.8) is 0 Å². The summed E-state index contributed by atoms with van der Waals surface area (Å²) < 4.78 is 13.5. The van der Waals surface area contributed by atoms with Crippen molar-refractivity contribution in [2.45, 2.75) is 32.4 Å². The Morgan fingerprint density at radius 1 is 1.33 bits per heavy atom. The summed E-state index contributed by atoms with van der Waals surface area (Å²) in [4.78, 5) is 1.73. The van der Waals surface area contributed by atoms with E-state index in [4.69, 9.17) is 0 Å². The third kappa shape index (κ3) is 5.02. The molecule has 0 bridgehead atoms. The number of para-hydroxylation sites is 1. The molecule has 2 N–H and O–H groups in total. The minimum absolute atomic E-state index is 0.0302. The van der Waals surface area contributed by atoms with Gasteiger partial charge < -0.3 is 15.3 Å². The molecule has 0 spiro atoms. The molecule has 18 heavy (non-hydrogen) atoms. The van der Waals surface area contributed by atoms with Crippen molar-refractivity contribution in [3.05, 3.63) is 30.1 Å². The summed E-state index contributed by atoms with van der Waals surface area (Å²) in [6.45, 7) is 7.01. The summed E-state index contributed by atoms with van der Waals surface area (Å²) >= 11 is 0. The van der Waals surface area contributed by atoms with Crippen LogP contribution >= 0.6 is 0 Å². The van der Waals surface area contributed by atoms with Gasteiger partial charge in [0.25, 0.3) is 0 Å². The Hall–Kier alpha value is -1.13. The molecular formula is C14H23FN2O. The molecule has 0 fully saturated rings. The third-order valence-corrected chi connectivity index (χ3v) is 2.62. The molecule has 0 amide bonds. The molecule has 0 aliphatic rings. The summed E-state index contributed by atoms with van der Waals surface area (Å²) in [5.74, 6) is -0.268. The van der Waals surface area contributed by atoms with Crippen LogP contribution in [0.3, 0.4) is 0 Å². The van der Waals surface area contributed by atoms with Crippen LogP contribution in [0.1, 0.15) is 20.8 Å². The van der Waals surface area contributed by atoms with Crippen LogP contribution in [0.5, 0.6) is 0 Å². The maximum absolute atomic E-state index is 13.5. The van der Waals surface area contributed by atoms with Crippen molar-refractivity contribution in [1.29, 1.82) is 0 Å². The van der Waals surface area contributed by atoms with E-state index in [0.29, 0.717) is 18.8 Å². The Bertz CT molecular complexity index is 376. The lowest BCUT2D eigenvalue weighted by atomic mass is 10.1. The van der Waals surface area contributed by atoms with Gasteiger partial charge in [0.1, 0.15) is 5.82 Å². The zero-order valence-electron chi connectivity index (χ0n) is 11.6. The first kappa shape index (κ1) is 14.9. The number of benzene rings is 1. The number of nitrogens with zero attached hydrogens (tertiary/aromatic N) is 1. The smallest absolute Gasteiger partial charge is 0.146 e. The Balaban J connectivity index is 2.50. The standard InChI is InChI=1S/C14H23FN2O/c1-14(2,3)16-9-11(18)10-17(4)13-8-6-5-7-12(13)15/h5-8,11,16,18H,9-10H2,1-4H3. The van der Waals surface area contributed by atoms with E-state index < -0.39 is 6.10 Å². The third-order valence-electron chi connectivity index (χ3n) is 2.62. The van der Waals surface area contributed by atoms with Crippen molar-refractivity contribution in [1.82, 2.24) is 5.32 Å². The molecule has 0 aliphatic carbocycles. The zero-order valence-corrected chi connectivity index (χ0v) is 11.6. The summed E-state index contributed by atoms with van der Waals surface area (Å²) in [5, 5.41) is 13.1. The highest BCUT2D eigenvalue weighted by atomic mass is 19.1. The van der Waals surface area contributed by atoms with E-state index in [1.165, 1.54) is 6.07 Å². The minimum Gasteiger partial charge on any atom is -0.390 e. The molecule has 0 saturated carbocycles. The van der Waals surface area contributed by atoms with Gasteiger partial charge in [0.15, 0.2) is 0 Å². The highest BCUT2D eigenvalue weighted by Gasteiger charge is 2.15. The van der Waals surface area contributed by atoms with Gasteiger partial charge in [-0.3, -0.25) is 0 Å². The fourth-order valence-corrected chi connectivity index (χ4v) is 1.66. The molecule has 1 aromatic carbocycles. The van der Waals surface area contributed by atoms with Crippen LogP contribution in [0.4, 0.5) is 10.1 Å². The van der Waals surface area contributed by atoms with Gasteiger partial charge in [-0.05, 0) is 32.9 Å². The summed E-state index contributed by atoms with van der Waals surface area (Å²) in [5.41, 5.74) is 0.477. The van der Waals surface area contributed by atoms with Crippen molar-refractivity contribution < 1.29 is 9.50 Å². The van der Waals surface area contributed by atoms with Crippen LogP contribution in [0.15, 0.2) is 24.3 Å². The maximum Gasteiger partial charge on any atom is 0.146 e. The number of halogens is 1. The van der Waals surface area contributed by atoms with E-state index in [1.807, 2.05) is 20.8 Å². The first-order valence-corrected chi connectivity index (χ1v) is 6.18. The van der Waals surface area contributed by atoms with Crippen LogP contribution in [0.2, 0.25) is 0 Å². The van der Waals surface area contributed by atoms with Crippen LogP contribution in [0, 0.1) is 5.82 Å². The van der Waals surface area contributed by atoms with Crippen molar-refractivity contribution in [2.75, 3.05) is 25.0 Å². The topological polar surface area (TPSA) is 35.5 Å². The predicted octanol–water partition coefficient (Wildman–Crippen LogP) is 2.01. The van der Waals surface area contributed by atoms with E-state index in [9.17, 15) is 9.50 Å². The Labute approximate surface area is 109 Å². The summed E-state index contributed by atoms with van der Waals surface area (Å²) in [6.07, 6.45) is -0.533. The highest BCUT2D eigenvalue weighted by Crippen LogP contribution is 2.17. The largest absolute Gasteiger partial charge is 0.390 e. The molecule has 0 aliphatic heterocycles. The molecule has 3 nitrogen and oxygen atoms in total. The van der Waals surface area contributed by atoms with Crippen LogP contribution in [-0.4, -0.2) is 36.9 Å². The lowest BCUT2D eigenvalue weighted by Gasteiger charge is -2.26. The van der Waals surface area contributed by atoms with E-state index >= 15 is 0 Å². The van der Waals surface area contributed by atoms with Gasteiger partial charge >= 0.3 is 0 Å². The van der Waals surface area contributed by atoms with Gasteiger partial charge in [0, 0.05) is 25.7 Å². The number of aliphatic hydroxyl groups is 1. The van der Waals surface area contributed by atoms with Gasteiger partial charge in [-0.15, -0.1) is 0 Å². The molecule has 1 aromatic rings. The van der Waals surface area contributed by atoms with Crippen molar-refractivity contribution in [2.24, 2.45) is 0 Å². The van der Waals surface area contributed by atoms with E-state index in [0.717, 1.165) is 0 Å². The number of aliphatic hydroxyl groups excluding tert-OH is 1. The average molecular weight is 254 g/mol. The lowest BCUT2D eigenvalue weighted by Crippen LogP contribution is -2.44. The molecule has 102 valence electrons. The second-order valence-electron chi connectivity index (χ2n) is 5.62. The van der Waals surface area contributed by atoms with E-state index in [-0.39, 0.29) is 11.4 Å². The molecule has 4 heteroatoms. The van der Waals surface area contributed by atoms with E-state index in [1.54, 1.807) is 30.1 Å². The number of nitrogens with one attached hydrogen (secondary N) is 1. The fourth-order valence-electron chi connectivity index (χ4n) is 1.66. The molecular weight excluding hydrogens is 231 g/mol. The van der Waals surface area contributed by atoms with Crippen molar-refractivity contribution >= 4 is 5.69 Å². The zero-order chi connectivity index (χ0) is 13.8. The SMILES string of the molecule is CN(CC(O)CNC(C)(C)C)c1ccccc1F. The number of likely N-dealkylation sites (N-methyl/N-ethyl adjacent to an activating group) is 1. The van der Waals surface area contributed by atoms with Crippen molar-refractivity contribution in [3.8, 4) is 0 Å². The Kier molecular flexibility index (Phi) is 5.11. The van der Waals surface area contributed by atoms with Gasteiger partial charge in [-0.2, -0.15) is 0 Å². The first-order chi connectivity index (χ1) is 8.29. The van der Waals surface area contributed by atoms with Crippen LogP contribution in [-0.2, 0) is 0 Å². The quantitative estimate of drug-likeness (QED) is 0.844. The van der Waals surface area contributed by atoms with Gasteiger partial charge in [-0.1, -0.05) is 12.1 Å². The Morgan fingerprint density at radius 3 is 2.50 bits per heavy atom. The molecule has 1 unspecified atom stereocenters. The summed E-state index contributed by atoms with van der Waals surface area (Å²) in [6, 6.07) is 6.57. The minimum atomic E-state index is -0.533. The Morgan fingerprint density at radius 2 is 1.94 bits per heavy atom. The molecule has 1 atom stereocenters. The fraction of sp³-hybridized carbons (Fsp3) is 0.571. The van der Waals surface area contributed by atoms with Gasteiger partial charge in [0.05, 0.1) is 11.8 Å². The molecule has 0 heterocycles. The van der Waals surface area contributed by atoms with Gasteiger partial charge in [0.2, 0.25) is 0 Å².